The highest BCUT2D eigenvalue weighted by Gasteiger charge is 2.70. The SMILES string of the molecule is COC(=O)[C@@]12C[C@@H](O[Si](c3ccccc3)(c3ccccc3)C(C)(C)C)[C@@H](C)[C@@H]1C2. The van der Waals surface area contributed by atoms with Crippen molar-refractivity contribution in [3.8, 4) is 0 Å². The van der Waals surface area contributed by atoms with Crippen LogP contribution in [0.4, 0.5) is 0 Å². The zero-order chi connectivity index (χ0) is 20.9. The van der Waals surface area contributed by atoms with E-state index < -0.39 is 8.32 Å². The van der Waals surface area contributed by atoms with Gasteiger partial charge >= 0.3 is 5.97 Å². The van der Waals surface area contributed by atoms with E-state index in [1.54, 1.807) is 0 Å². The van der Waals surface area contributed by atoms with Gasteiger partial charge in [-0.2, -0.15) is 0 Å². The Morgan fingerprint density at radius 3 is 1.93 bits per heavy atom. The summed E-state index contributed by atoms with van der Waals surface area (Å²) < 4.78 is 12.5. The highest BCUT2D eigenvalue weighted by atomic mass is 28.4. The molecule has 0 amide bonds. The first-order valence-corrected chi connectivity index (χ1v) is 12.5. The van der Waals surface area contributed by atoms with E-state index in [4.69, 9.17) is 9.16 Å². The monoisotopic (exact) mass is 408 g/mol. The molecule has 2 fully saturated rings. The molecular formula is C25H32O3Si. The van der Waals surface area contributed by atoms with Crippen LogP contribution in [0.25, 0.3) is 0 Å². The Bertz CT molecular complexity index is 834. The maximum absolute atomic E-state index is 12.5. The summed E-state index contributed by atoms with van der Waals surface area (Å²) in [6.07, 6.45) is 1.79. The van der Waals surface area contributed by atoms with E-state index in [2.05, 4.69) is 88.4 Å². The second-order valence-corrected chi connectivity index (χ2v) is 14.1. The number of hydrogen-bond donors (Lipinski definition) is 0. The van der Waals surface area contributed by atoms with Crippen molar-refractivity contribution in [2.75, 3.05) is 7.11 Å². The predicted octanol–water partition coefficient (Wildman–Crippen LogP) is 4.15. The minimum Gasteiger partial charge on any atom is -0.469 e. The third-order valence-electron chi connectivity index (χ3n) is 7.26. The van der Waals surface area contributed by atoms with Crippen LogP contribution in [0.15, 0.2) is 60.7 Å². The lowest BCUT2D eigenvalue weighted by Crippen LogP contribution is -2.68. The number of methoxy groups -OCH3 is 1. The Labute approximate surface area is 175 Å². The van der Waals surface area contributed by atoms with E-state index in [9.17, 15) is 4.79 Å². The van der Waals surface area contributed by atoms with Crippen molar-refractivity contribution < 1.29 is 14.0 Å². The molecule has 154 valence electrons. The summed E-state index contributed by atoms with van der Waals surface area (Å²) in [6, 6.07) is 21.5. The van der Waals surface area contributed by atoms with Crippen LogP contribution in [0.5, 0.6) is 0 Å². The summed E-state index contributed by atoms with van der Waals surface area (Å²) >= 11 is 0. The van der Waals surface area contributed by atoms with Gasteiger partial charge in [0.25, 0.3) is 8.32 Å². The third-order valence-corrected chi connectivity index (χ3v) is 12.3. The smallest absolute Gasteiger partial charge is 0.312 e. The Morgan fingerprint density at radius 1 is 0.966 bits per heavy atom. The molecule has 2 saturated carbocycles. The van der Waals surface area contributed by atoms with E-state index in [1.807, 2.05) is 0 Å². The number of esters is 1. The molecule has 0 bridgehead atoms. The summed E-state index contributed by atoms with van der Waals surface area (Å²) in [5, 5.41) is 2.53. The molecule has 0 saturated heterocycles. The van der Waals surface area contributed by atoms with Crippen molar-refractivity contribution in [1.29, 1.82) is 0 Å². The largest absolute Gasteiger partial charge is 0.469 e. The van der Waals surface area contributed by atoms with Gasteiger partial charge in [-0.25, -0.2) is 0 Å². The number of benzene rings is 2. The van der Waals surface area contributed by atoms with E-state index in [1.165, 1.54) is 17.5 Å². The number of ether oxygens (including phenoxy) is 1. The molecule has 3 nitrogen and oxygen atoms in total. The average Bonchev–Trinajstić information content (AvgIpc) is 3.39. The molecule has 0 N–H and O–H groups in total. The minimum atomic E-state index is -2.60. The molecule has 0 spiro atoms. The fraction of sp³-hybridized carbons (Fsp3) is 0.480. The molecule has 2 aromatic carbocycles. The first-order valence-electron chi connectivity index (χ1n) is 10.6. The molecule has 4 heteroatoms. The van der Waals surface area contributed by atoms with Crippen molar-refractivity contribution in [2.24, 2.45) is 17.3 Å². The summed E-state index contributed by atoms with van der Waals surface area (Å²) in [4.78, 5) is 12.5. The summed E-state index contributed by atoms with van der Waals surface area (Å²) in [7, 11) is -1.09. The topological polar surface area (TPSA) is 35.5 Å². The van der Waals surface area contributed by atoms with Crippen LogP contribution in [-0.4, -0.2) is 27.5 Å². The molecule has 0 aliphatic heterocycles. The van der Waals surface area contributed by atoms with E-state index in [0.29, 0.717) is 11.8 Å². The van der Waals surface area contributed by atoms with Gasteiger partial charge in [-0.05, 0) is 40.1 Å². The van der Waals surface area contributed by atoms with Crippen LogP contribution < -0.4 is 10.4 Å². The van der Waals surface area contributed by atoms with Crippen molar-refractivity contribution >= 4 is 24.7 Å². The van der Waals surface area contributed by atoms with Crippen LogP contribution >= 0.6 is 0 Å². The second kappa shape index (κ2) is 7.10. The van der Waals surface area contributed by atoms with Gasteiger partial charge in [0.15, 0.2) is 0 Å². The van der Waals surface area contributed by atoms with E-state index in [0.717, 1.165) is 12.8 Å². The highest BCUT2D eigenvalue weighted by molar-refractivity contribution is 6.99. The van der Waals surface area contributed by atoms with Crippen LogP contribution in [-0.2, 0) is 14.0 Å². The lowest BCUT2D eigenvalue weighted by atomic mass is 10.0. The zero-order valence-corrected chi connectivity index (χ0v) is 19.1. The summed E-state index contributed by atoms with van der Waals surface area (Å²) in [5.41, 5.74) is -0.315. The summed E-state index contributed by atoms with van der Waals surface area (Å²) in [6.45, 7) is 9.16. The molecular weight excluding hydrogens is 376 g/mol. The number of hydrogen-bond acceptors (Lipinski definition) is 3. The number of carbonyl (C=O) groups excluding carboxylic acids is 1. The van der Waals surface area contributed by atoms with Gasteiger partial charge in [-0.1, -0.05) is 88.4 Å². The molecule has 0 heterocycles. The molecule has 0 aromatic heterocycles. The quantitative estimate of drug-likeness (QED) is 0.551. The van der Waals surface area contributed by atoms with Gasteiger partial charge in [-0.3, -0.25) is 4.79 Å². The first-order chi connectivity index (χ1) is 13.8. The first kappa shape index (κ1) is 20.4. The van der Waals surface area contributed by atoms with Crippen LogP contribution in [0, 0.1) is 17.3 Å². The van der Waals surface area contributed by atoms with Gasteiger partial charge < -0.3 is 9.16 Å². The molecule has 29 heavy (non-hydrogen) atoms. The maximum Gasteiger partial charge on any atom is 0.312 e. The fourth-order valence-corrected chi connectivity index (χ4v) is 10.4. The van der Waals surface area contributed by atoms with E-state index in [-0.39, 0.29) is 22.5 Å². The molecule has 0 unspecified atom stereocenters. The maximum atomic E-state index is 12.5. The standard InChI is InChI=1S/C25H32O3Si/c1-18-21-16-25(21,23(26)27-5)17-22(18)28-29(24(2,3)4,19-12-8-6-9-13-19)20-14-10-7-11-15-20/h6-15,18,21-22H,16-17H2,1-5H3/t18-,21-,22+,25-/m0/s1. The van der Waals surface area contributed by atoms with Crippen molar-refractivity contribution in [1.82, 2.24) is 0 Å². The van der Waals surface area contributed by atoms with Gasteiger partial charge in [0.2, 0.25) is 0 Å². The van der Waals surface area contributed by atoms with Gasteiger partial charge in [0, 0.05) is 6.10 Å². The molecule has 2 aromatic rings. The fourth-order valence-electron chi connectivity index (χ4n) is 5.65. The van der Waals surface area contributed by atoms with Gasteiger partial charge in [0.05, 0.1) is 12.5 Å². The normalized spacial score (nSPS) is 28.7. The number of fused-ring (bicyclic) bond motifs is 1. The lowest BCUT2D eigenvalue weighted by Gasteiger charge is -2.45. The van der Waals surface area contributed by atoms with Crippen LogP contribution in [0.1, 0.15) is 40.5 Å². The number of carbonyl (C=O) groups is 1. The van der Waals surface area contributed by atoms with E-state index >= 15 is 0 Å². The van der Waals surface area contributed by atoms with Gasteiger partial charge in [0.1, 0.15) is 0 Å². The van der Waals surface area contributed by atoms with Crippen LogP contribution in [0.3, 0.4) is 0 Å². The van der Waals surface area contributed by atoms with Crippen molar-refractivity contribution in [3.05, 3.63) is 60.7 Å². The lowest BCUT2D eigenvalue weighted by molar-refractivity contribution is -0.147. The third kappa shape index (κ3) is 3.08. The summed E-state index contributed by atoms with van der Waals surface area (Å²) in [5.74, 6) is 0.691. The Balaban J connectivity index is 1.79. The molecule has 2 aliphatic rings. The minimum absolute atomic E-state index is 0.0529. The van der Waals surface area contributed by atoms with Crippen molar-refractivity contribution in [3.63, 3.8) is 0 Å². The van der Waals surface area contributed by atoms with Gasteiger partial charge in [-0.15, -0.1) is 0 Å². The van der Waals surface area contributed by atoms with Crippen molar-refractivity contribution in [2.45, 2.75) is 51.7 Å². The Hall–Kier alpha value is -1.91. The predicted molar refractivity (Wildman–Crippen MR) is 119 cm³/mol. The molecule has 2 aliphatic carbocycles. The Kier molecular flexibility index (Phi) is 4.99. The molecule has 4 atom stereocenters. The molecule has 0 radical (unpaired) electrons. The number of rotatable bonds is 5. The zero-order valence-electron chi connectivity index (χ0n) is 18.1. The second-order valence-electron chi connectivity index (χ2n) is 9.84. The highest BCUT2D eigenvalue weighted by Crippen LogP contribution is 2.67. The van der Waals surface area contributed by atoms with Crippen LogP contribution in [0.2, 0.25) is 5.04 Å². The average molecular weight is 409 g/mol. The Morgan fingerprint density at radius 2 is 1.48 bits per heavy atom. The molecule has 4 rings (SSSR count).